The van der Waals surface area contributed by atoms with E-state index in [-0.39, 0.29) is 6.10 Å². The molecule has 0 aromatic carbocycles. The molecule has 1 aliphatic rings. The molecule has 0 aromatic rings. The summed E-state index contributed by atoms with van der Waals surface area (Å²) in [5.74, 6) is 0. The van der Waals surface area contributed by atoms with Gasteiger partial charge >= 0.3 is 0 Å². The monoisotopic (exact) mass is 105 g/mol. The highest BCUT2D eigenvalue weighted by molar-refractivity contribution is 4.66. The van der Waals surface area contributed by atoms with Crippen molar-refractivity contribution in [2.75, 3.05) is 13.2 Å². The molecular weight excluding hydrogens is 98.0 g/mol. The first-order chi connectivity index (χ1) is 3.43. The van der Waals surface area contributed by atoms with Gasteiger partial charge in [0.15, 0.2) is 0 Å². The average Bonchev–Trinajstić information content (AvgIpc) is 2.42. The van der Waals surface area contributed by atoms with Crippen molar-refractivity contribution in [1.82, 2.24) is 5.64 Å². The maximum atomic E-state index is 7.82. The van der Waals surface area contributed by atoms with Crippen LogP contribution in [-0.4, -0.2) is 24.5 Å². The summed E-state index contributed by atoms with van der Waals surface area (Å²) in [6, 6.07) is 0. The van der Waals surface area contributed by atoms with Gasteiger partial charge in [-0.25, -0.2) is 0 Å². The van der Waals surface area contributed by atoms with E-state index in [1.165, 1.54) is 0 Å². The van der Waals surface area contributed by atoms with Gasteiger partial charge in [-0.1, -0.05) is 5.64 Å². The SMILES string of the molecule is ONOCC1CO1. The third-order valence-corrected chi connectivity index (χ3v) is 0.736. The Labute approximate surface area is 40.9 Å². The van der Waals surface area contributed by atoms with Gasteiger partial charge in [-0.2, -0.15) is 0 Å². The van der Waals surface area contributed by atoms with Gasteiger partial charge in [0.05, 0.1) is 13.2 Å². The molecular formula is C3H7NO3. The fourth-order valence-electron chi connectivity index (χ4n) is 0.294. The molecule has 0 radical (unpaired) electrons. The lowest BCUT2D eigenvalue weighted by Gasteiger charge is -1.91. The highest BCUT2D eigenvalue weighted by atomic mass is 16.8. The molecule has 42 valence electrons. The molecule has 0 spiro atoms. The van der Waals surface area contributed by atoms with Crippen molar-refractivity contribution in [3.8, 4) is 0 Å². The van der Waals surface area contributed by atoms with Gasteiger partial charge in [-0.3, -0.25) is 10.0 Å². The molecule has 4 heteroatoms. The number of ether oxygens (including phenoxy) is 1. The summed E-state index contributed by atoms with van der Waals surface area (Å²) in [4.78, 5) is 4.34. The van der Waals surface area contributed by atoms with Crippen molar-refractivity contribution in [2.24, 2.45) is 0 Å². The summed E-state index contributed by atoms with van der Waals surface area (Å²) in [6.07, 6.45) is 0.208. The van der Waals surface area contributed by atoms with Crippen molar-refractivity contribution in [3.63, 3.8) is 0 Å². The second-order valence-electron chi connectivity index (χ2n) is 1.36. The van der Waals surface area contributed by atoms with E-state index < -0.39 is 0 Å². The lowest BCUT2D eigenvalue weighted by molar-refractivity contribution is -0.130. The van der Waals surface area contributed by atoms with Crippen molar-refractivity contribution in [3.05, 3.63) is 0 Å². The Morgan fingerprint density at radius 1 is 2.00 bits per heavy atom. The van der Waals surface area contributed by atoms with E-state index in [4.69, 9.17) is 9.94 Å². The number of hydrogen-bond donors (Lipinski definition) is 2. The molecule has 1 aliphatic heterocycles. The van der Waals surface area contributed by atoms with Gasteiger partial charge in [-0.05, 0) is 0 Å². The zero-order chi connectivity index (χ0) is 5.11. The summed E-state index contributed by atoms with van der Waals surface area (Å²) in [7, 11) is 0. The van der Waals surface area contributed by atoms with Gasteiger partial charge in [-0.15, -0.1) is 0 Å². The molecule has 0 aromatic heterocycles. The Balaban J connectivity index is 1.80. The number of rotatable bonds is 3. The third kappa shape index (κ3) is 1.84. The smallest absolute Gasteiger partial charge is 0.106 e. The van der Waals surface area contributed by atoms with Gasteiger partial charge in [0.25, 0.3) is 0 Å². The maximum Gasteiger partial charge on any atom is 0.106 e. The lowest BCUT2D eigenvalue weighted by Crippen LogP contribution is -2.12. The van der Waals surface area contributed by atoms with Crippen LogP contribution in [0.25, 0.3) is 0 Å². The Morgan fingerprint density at radius 2 is 2.71 bits per heavy atom. The van der Waals surface area contributed by atoms with Crippen LogP contribution < -0.4 is 5.64 Å². The van der Waals surface area contributed by atoms with Crippen LogP contribution in [0.1, 0.15) is 0 Å². The van der Waals surface area contributed by atoms with E-state index in [1.807, 2.05) is 0 Å². The lowest BCUT2D eigenvalue weighted by atomic mass is 10.5. The molecule has 0 amide bonds. The predicted molar refractivity (Wildman–Crippen MR) is 20.6 cm³/mol. The minimum Gasteiger partial charge on any atom is -0.371 e. The molecule has 1 fully saturated rings. The van der Waals surface area contributed by atoms with Crippen molar-refractivity contribution in [2.45, 2.75) is 6.10 Å². The fourth-order valence-corrected chi connectivity index (χ4v) is 0.294. The standard InChI is InChI=1S/C3H7NO3/c5-4-7-2-3-1-6-3/h3-5H,1-2H2. The minimum absolute atomic E-state index is 0.208. The second-order valence-corrected chi connectivity index (χ2v) is 1.36. The summed E-state index contributed by atoms with van der Waals surface area (Å²) in [5, 5.41) is 7.82. The van der Waals surface area contributed by atoms with Crippen LogP contribution in [0.4, 0.5) is 0 Å². The van der Waals surface area contributed by atoms with E-state index in [0.717, 1.165) is 6.61 Å². The van der Waals surface area contributed by atoms with Crippen LogP contribution in [-0.2, 0) is 9.57 Å². The van der Waals surface area contributed by atoms with Gasteiger partial charge in [0.2, 0.25) is 0 Å². The Morgan fingerprint density at radius 3 is 3.14 bits per heavy atom. The van der Waals surface area contributed by atoms with Crippen LogP contribution in [0.3, 0.4) is 0 Å². The van der Waals surface area contributed by atoms with Crippen LogP contribution >= 0.6 is 0 Å². The molecule has 1 rings (SSSR count). The third-order valence-electron chi connectivity index (χ3n) is 0.736. The van der Waals surface area contributed by atoms with Crippen LogP contribution in [0.5, 0.6) is 0 Å². The highest BCUT2D eigenvalue weighted by Gasteiger charge is 2.22. The van der Waals surface area contributed by atoms with E-state index in [9.17, 15) is 0 Å². The first kappa shape index (κ1) is 4.99. The van der Waals surface area contributed by atoms with Gasteiger partial charge in [0.1, 0.15) is 6.10 Å². The molecule has 1 unspecified atom stereocenters. The van der Waals surface area contributed by atoms with Crippen molar-refractivity contribution in [1.29, 1.82) is 0 Å². The summed E-state index contributed by atoms with van der Waals surface area (Å²) >= 11 is 0. The summed E-state index contributed by atoms with van der Waals surface area (Å²) < 4.78 is 4.73. The van der Waals surface area contributed by atoms with Gasteiger partial charge < -0.3 is 4.74 Å². The number of epoxide rings is 1. The van der Waals surface area contributed by atoms with E-state index >= 15 is 0 Å². The minimum atomic E-state index is 0.208. The number of hydrogen-bond acceptors (Lipinski definition) is 4. The summed E-state index contributed by atoms with van der Waals surface area (Å²) in [6.45, 7) is 1.18. The molecule has 1 heterocycles. The molecule has 1 saturated heterocycles. The molecule has 0 aliphatic carbocycles. The predicted octanol–water partition coefficient (Wildman–Crippen LogP) is -0.704. The zero-order valence-electron chi connectivity index (χ0n) is 3.76. The fraction of sp³-hybridized carbons (Fsp3) is 1.00. The molecule has 4 nitrogen and oxygen atoms in total. The first-order valence-electron chi connectivity index (χ1n) is 2.06. The van der Waals surface area contributed by atoms with Gasteiger partial charge in [0, 0.05) is 0 Å². The molecule has 2 N–H and O–H groups in total. The largest absolute Gasteiger partial charge is 0.371 e. The molecule has 7 heavy (non-hydrogen) atoms. The van der Waals surface area contributed by atoms with Crippen molar-refractivity contribution < 1.29 is 14.8 Å². The topological polar surface area (TPSA) is 54.0 Å². The number of nitrogens with one attached hydrogen (secondary N) is 1. The highest BCUT2D eigenvalue weighted by Crippen LogP contribution is 2.06. The maximum absolute atomic E-state index is 7.82. The molecule has 0 saturated carbocycles. The quantitative estimate of drug-likeness (QED) is 0.368. The first-order valence-corrected chi connectivity index (χ1v) is 2.06. The van der Waals surface area contributed by atoms with Crippen LogP contribution in [0.2, 0.25) is 0 Å². The van der Waals surface area contributed by atoms with E-state index in [2.05, 4.69) is 4.84 Å². The molecule has 0 bridgehead atoms. The van der Waals surface area contributed by atoms with Crippen molar-refractivity contribution >= 4 is 0 Å². The summed E-state index contributed by atoms with van der Waals surface area (Å²) in [5.41, 5.74) is 1.56. The van der Waals surface area contributed by atoms with E-state index in [1.54, 1.807) is 5.64 Å². The van der Waals surface area contributed by atoms with E-state index in [0.29, 0.717) is 6.61 Å². The Kier molecular flexibility index (Phi) is 1.59. The Bertz CT molecular complexity index is 54.1. The normalized spacial score (nSPS) is 27.9. The van der Waals surface area contributed by atoms with Crippen LogP contribution in [0, 0.1) is 0 Å². The average molecular weight is 105 g/mol. The van der Waals surface area contributed by atoms with Crippen LogP contribution in [0.15, 0.2) is 0 Å². The second kappa shape index (κ2) is 2.23. The Hall–Kier alpha value is -0.160. The molecule has 1 atom stereocenters. The zero-order valence-corrected chi connectivity index (χ0v) is 3.76.